The average molecular weight is 256 g/mol. The third kappa shape index (κ3) is 1.96. The van der Waals surface area contributed by atoms with Crippen LogP contribution in [0.3, 0.4) is 0 Å². The lowest BCUT2D eigenvalue weighted by Gasteiger charge is -2.20. The van der Waals surface area contributed by atoms with Crippen LogP contribution in [0.1, 0.15) is 15.9 Å². The zero-order valence-electron chi connectivity index (χ0n) is 10.0. The Labute approximate surface area is 109 Å². The van der Waals surface area contributed by atoms with Crippen LogP contribution < -0.4 is 4.74 Å². The van der Waals surface area contributed by atoms with Crippen molar-refractivity contribution >= 4 is 5.78 Å². The van der Waals surface area contributed by atoms with E-state index in [1.807, 2.05) is 30.3 Å². The van der Waals surface area contributed by atoms with Crippen LogP contribution >= 0.6 is 0 Å². The van der Waals surface area contributed by atoms with Crippen molar-refractivity contribution in [2.45, 2.75) is 12.2 Å². The van der Waals surface area contributed by atoms with Crippen LogP contribution in [0.5, 0.6) is 11.5 Å². The first-order chi connectivity index (χ1) is 9.08. The van der Waals surface area contributed by atoms with Gasteiger partial charge in [-0.15, -0.1) is 0 Å². The Balaban J connectivity index is 1.94. The number of ketones is 1. The van der Waals surface area contributed by atoms with Crippen molar-refractivity contribution in [2.24, 2.45) is 0 Å². The maximum atomic E-state index is 12.2. The summed E-state index contributed by atoms with van der Waals surface area (Å²) in [4.78, 5) is 12.2. The summed E-state index contributed by atoms with van der Waals surface area (Å²) in [5.74, 6) is -2.16. The molecule has 2 N–H and O–H groups in total. The summed E-state index contributed by atoms with van der Waals surface area (Å²) in [5.41, 5.74) is 1.09. The largest absolute Gasteiger partial charge is 0.508 e. The number of phenols is 1. The van der Waals surface area contributed by atoms with Crippen molar-refractivity contribution < 1.29 is 19.7 Å². The standard InChI is InChI=1S/C15H12O4/c16-11-6-7-12-13(8-11)19-15(18,14(12)17)9-10-4-2-1-3-5-10/h1-8,16,18H,9H2. The lowest BCUT2D eigenvalue weighted by molar-refractivity contribution is -0.0888. The van der Waals surface area contributed by atoms with E-state index in [0.717, 1.165) is 5.56 Å². The maximum absolute atomic E-state index is 12.2. The van der Waals surface area contributed by atoms with Crippen molar-refractivity contribution in [1.29, 1.82) is 0 Å². The molecule has 2 aromatic rings. The van der Waals surface area contributed by atoms with Gasteiger partial charge in [0.2, 0.25) is 5.78 Å². The second kappa shape index (κ2) is 4.10. The summed E-state index contributed by atoms with van der Waals surface area (Å²) in [5, 5.41) is 19.7. The van der Waals surface area contributed by atoms with Crippen LogP contribution in [0.15, 0.2) is 48.5 Å². The summed E-state index contributed by atoms with van der Waals surface area (Å²) < 4.78 is 5.34. The molecule has 0 amide bonds. The Bertz CT molecular complexity index is 636. The molecule has 1 aliphatic heterocycles. The number of hydrogen-bond acceptors (Lipinski definition) is 4. The molecule has 0 saturated carbocycles. The van der Waals surface area contributed by atoms with E-state index in [0.29, 0.717) is 0 Å². The molecule has 1 unspecified atom stereocenters. The van der Waals surface area contributed by atoms with E-state index in [4.69, 9.17) is 4.74 Å². The molecule has 3 rings (SSSR count). The molecule has 1 heterocycles. The highest BCUT2D eigenvalue weighted by atomic mass is 16.6. The number of Topliss-reactive ketones (excluding diaryl/α,β-unsaturated/α-hetero) is 1. The summed E-state index contributed by atoms with van der Waals surface area (Å²) in [6.45, 7) is 0. The minimum absolute atomic E-state index is 0.00416. The van der Waals surface area contributed by atoms with Gasteiger partial charge in [-0.3, -0.25) is 4.79 Å². The van der Waals surface area contributed by atoms with Crippen LogP contribution in [0, 0.1) is 0 Å². The number of fused-ring (bicyclic) bond motifs is 1. The van der Waals surface area contributed by atoms with Crippen LogP contribution in [0.2, 0.25) is 0 Å². The van der Waals surface area contributed by atoms with E-state index in [1.54, 1.807) is 0 Å². The SMILES string of the molecule is O=C1c2ccc(O)cc2OC1(O)Cc1ccccc1. The van der Waals surface area contributed by atoms with Crippen molar-refractivity contribution in [3.63, 3.8) is 0 Å². The Morgan fingerprint density at radius 2 is 1.84 bits per heavy atom. The molecule has 0 aromatic heterocycles. The van der Waals surface area contributed by atoms with E-state index in [2.05, 4.69) is 0 Å². The molecule has 1 atom stereocenters. The van der Waals surface area contributed by atoms with Crippen LogP contribution in [0.25, 0.3) is 0 Å². The summed E-state index contributed by atoms with van der Waals surface area (Å²) in [6, 6.07) is 13.3. The molecule has 96 valence electrons. The summed E-state index contributed by atoms with van der Waals surface area (Å²) in [6.07, 6.45) is 0.0715. The van der Waals surface area contributed by atoms with Crippen molar-refractivity contribution in [2.75, 3.05) is 0 Å². The van der Waals surface area contributed by atoms with Gasteiger partial charge in [0.15, 0.2) is 0 Å². The first-order valence-electron chi connectivity index (χ1n) is 5.92. The van der Waals surface area contributed by atoms with Gasteiger partial charge in [-0.25, -0.2) is 0 Å². The number of aliphatic hydroxyl groups is 1. The molecule has 0 saturated heterocycles. The highest BCUT2D eigenvalue weighted by Gasteiger charge is 2.46. The van der Waals surface area contributed by atoms with Crippen LogP contribution in [-0.2, 0) is 6.42 Å². The predicted molar refractivity (Wildman–Crippen MR) is 68.2 cm³/mol. The van der Waals surface area contributed by atoms with Crippen molar-refractivity contribution in [1.82, 2.24) is 0 Å². The van der Waals surface area contributed by atoms with E-state index in [9.17, 15) is 15.0 Å². The summed E-state index contributed by atoms with van der Waals surface area (Å²) >= 11 is 0. The zero-order valence-corrected chi connectivity index (χ0v) is 10.0. The van der Waals surface area contributed by atoms with E-state index >= 15 is 0 Å². The molecule has 4 nitrogen and oxygen atoms in total. The minimum Gasteiger partial charge on any atom is -0.508 e. The number of aromatic hydroxyl groups is 1. The monoisotopic (exact) mass is 256 g/mol. The van der Waals surface area contributed by atoms with E-state index in [1.165, 1.54) is 18.2 Å². The average Bonchev–Trinajstić information content (AvgIpc) is 2.62. The highest BCUT2D eigenvalue weighted by Crippen LogP contribution is 2.37. The normalized spacial score (nSPS) is 21.0. The molecule has 0 spiro atoms. The Kier molecular flexibility index (Phi) is 2.54. The number of phenolic OH excluding ortho intramolecular Hbond substituents is 1. The smallest absolute Gasteiger partial charge is 0.276 e. The minimum atomic E-state index is -1.89. The Morgan fingerprint density at radius 3 is 2.58 bits per heavy atom. The molecule has 0 aliphatic carbocycles. The van der Waals surface area contributed by atoms with Gasteiger partial charge in [-0.2, -0.15) is 0 Å². The molecule has 19 heavy (non-hydrogen) atoms. The molecular formula is C15H12O4. The molecule has 0 fully saturated rings. The second-order valence-electron chi connectivity index (χ2n) is 4.56. The van der Waals surface area contributed by atoms with Gasteiger partial charge in [0.05, 0.1) is 5.56 Å². The van der Waals surface area contributed by atoms with Gasteiger partial charge in [-0.1, -0.05) is 30.3 Å². The number of benzene rings is 2. The quantitative estimate of drug-likeness (QED) is 0.861. The van der Waals surface area contributed by atoms with Gasteiger partial charge >= 0.3 is 0 Å². The van der Waals surface area contributed by atoms with Crippen molar-refractivity contribution in [3.05, 3.63) is 59.7 Å². The predicted octanol–water partition coefficient (Wildman–Crippen LogP) is 1.90. The first kappa shape index (κ1) is 11.7. The van der Waals surface area contributed by atoms with Crippen molar-refractivity contribution in [3.8, 4) is 11.5 Å². The van der Waals surface area contributed by atoms with Crippen LogP contribution in [-0.4, -0.2) is 21.8 Å². The molecular weight excluding hydrogens is 244 g/mol. The number of hydrogen-bond donors (Lipinski definition) is 2. The number of carbonyl (C=O) groups excluding carboxylic acids is 1. The van der Waals surface area contributed by atoms with Gasteiger partial charge in [-0.05, 0) is 17.7 Å². The first-order valence-corrected chi connectivity index (χ1v) is 5.92. The molecule has 2 aromatic carbocycles. The molecule has 1 aliphatic rings. The number of carbonyl (C=O) groups is 1. The maximum Gasteiger partial charge on any atom is 0.276 e. The zero-order chi connectivity index (χ0) is 13.5. The fourth-order valence-corrected chi connectivity index (χ4v) is 2.21. The third-order valence-electron chi connectivity index (χ3n) is 3.13. The third-order valence-corrected chi connectivity index (χ3v) is 3.13. The Morgan fingerprint density at radius 1 is 1.11 bits per heavy atom. The Hall–Kier alpha value is -2.33. The topological polar surface area (TPSA) is 66.8 Å². The van der Waals surface area contributed by atoms with Gasteiger partial charge in [0.1, 0.15) is 11.5 Å². The molecule has 4 heteroatoms. The lowest BCUT2D eigenvalue weighted by atomic mass is 9.99. The lowest BCUT2D eigenvalue weighted by Crippen LogP contribution is -2.42. The second-order valence-corrected chi connectivity index (χ2v) is 4.56. The highest BCUT2D eigenvalue weighted by molar-refractivity contribution is 6.06. The fourth-order valence-electron chi connectivity index (χ4n) is 2.21. The van der Waals surface area contributed by atoms with E-state index < -0.39 is 11.6 Å². The number of rotatable bonds is 2. The fraction of sp³-hybridized carbons (Fsp3) is 0.133. The molecule has 0 bridgehead atoms. The van der Waals surface area contributed by atoms with Gasteiger partial charge < -0.3 is 14.9 Å². The van der Waals surface area contributed by atoms with Gasteiger partial charge in [0.25, 0.3) is 5.79 Å². The number of ether oxygens (including phenoxy) is 1. The van der Waals surface area contributed by atoms with Crippen LogP contribution in [0.4, 0.5) is 0 Å². The molecule has 0 radical (unpaired) electrons. The van der Waals surface area contributed by atoms with Gasteiger partial charge in [0, 0.05) is 12.5 Å². The van der Waals surface area contributed by atoms with E-state index in [-0.39, 0.29) is 23.5 Å². The summed E-state index contributed by atoms with van der Waals surface area (Å²) in [7, 11) is 0.